The molecule has 1 unspecified atom stereocenters. The quantitative estimate of drug-likeness (QED) is 0.252. The molecule has 6 heteroatoms. The molecule has 178 valence electrons. The average molecular weight is 443 g/mol. The molecule has 1 aliphatic heterocycles. The third-order valence-electron chi connectivity index (χ3n) is 6.78. The van der Waals surface area contributed by atoms with E-state index in [0.29, 0.717) is 6.61 Å². The summed E-state index contributed by atoms with van der Waals surface area (Å²) >= 11 is 0. The van der Waals surface area contributed by atoms with Crippen molar-refractivity contribution in [2.24, 2.45) is 0 Å². The van der Waals surface area contributed by atoms with E-state index < -0.39 is 8.32 Å². The van der Waals surface area contributed by atoms with Crippen LogP contribution in [0, 0.1) is 0 Å². The molecule has 1 saturated heterocycles. The zero-order chi connectivity index (χ0) is 22.5. The minimum atomic E-state index is -1.70. The lowest BCUT2D eigenvalue weighted by Gasteiger charge is -2.36. The Kier molecular flexibility index (Phi) is 13.2. The van der Waals surface area contributed by atoms with Gasteiger partial charge in [-0.2, -0.15) is 0 Å². The molecule has 1 amide bonds. The molecule has 0 saturated carbocycles. The van der Waals surface area contributed by atoms with Crippen molar-refractivity contribution in [1.82, 2.24) is 10.2 Å². The monoisotopic (exact) mass is 442 g/mol. The van der Waals surface area contributed by atoms with Crippen LogP contribution < -0.4 is 5.32 Å². The summed E-state index contributed by atoms with van der Waals surface area (Å²) in [5.41, 5.74) is 0. The zero-order valence-electron chi connectivity index (χ0n) is 20.9. The zero-order valence-corrected chi connectivity index (χ0v) is 21.9. The van der Waals surface area contributed by atoms with Gasteiger partial charge in [0.25, 0.3) is 0 Å². The normalized spacial score (nSPS) is 17.0. The van der Waals surface area contributed by atoms with E-state index in [1.54, 1.807) is 0 Å². The van der Waals surface area contributed by atoms with Gasteiger partial charge in [-0.1, -0.05) is 59.8 Å². The van der Waals surface area contributed by atoms with Gasteiger partial charge in [-0.05, 0) is 63.3 Å². The van der Waals surface area contributed by atoms with Crippen LogP contribution in [0.15, 0.2) is 0 Å². The van der Waals surface area contributed by atoms with E-state index in [9.17, 15) is 4.79 Å². The largest absolute Gasteiger partial charge is 0.448 e. The van der Waals surface area contributed by atoms with Gasteiger partial charge < -0.3 is 14.5 Å². The highest BCUT2D eigenvalue weighted by molar-refractivity contribution is 6.74. The maximum absolute atomic E-state index is 12.3. The summed E-state index contributed by atoms with van der Waals surface area (Å²) in [6.07, 6.45) is 11.5. The summed E-state index contributed by atoms with van der Waals surface area (Å²) in [7, 11) is -1.70. The fraction of sp³-hybridized carbons (Fsp3) is 0.958. The number of amides is 1. The van der Waals surface area contributed by atoms with Gasteiger partial charge in [-0.3, -0.25) is 4.90 Å². The summed E-state index contributed by atoms with van der Waals surface area (Å²) in [5.74, 6) is 0. The molecule has 0 spiro atoms. The Bertz CT molecular complexity index is 460. The lowest BCUT2D eigenvalue weighted by atomic mass is 10.0. The molecular weight excluding hydrogens is 392 g/mol. The molecule has 0 aromatic rings. The highest BCUT2D eigenvalue weighted by atomic mass is 28.4. The predicted octanol–water partition coefficient (Wildman–Crippen LogP) is 6.34. The van der Waals surface area contributed by atoms with Crippen LogP contribution in [0.25, 0.3) is 0 Å². The van der Waals surface area contributed by atoms with Crippen LogP contribution in [0.1, 0.15) is 91.9 Å². The number of rotatable bonds is 14. The number of ether oxygens (including phenoxy) is 1. The number of hydrogen-bond acceptors (Lipinski definition) is 4. The van der Waals surface area contributed by atoms with Gasteiger partial charge in [0.2, 0.25) is 0 Å². The molecule has 0 aromatic carbocycles. The second kappa shape index (κ2) is 14.5. The Morgan fingerprint density at radius 3 is 2.30 bits per heavy atom. The summed E-state index contributed by atoms with van der Waals surface area (Å²) in [5, 5.41) is 3.37. The van der Waals surface area contributed by atoms with Crippen LogP contribution >= 0.6 is 0 Å². The number of nitrogens with one attached hydrogen (secondary N) is 1. The van der Waals surface area contributed by atoms with E-state index in [0.717, 1.165) is 51.9 Å². The van der Waals surface area contributed by atoms with Gasteiger partial charge in [-0.15, -0.1) is 0 Å². The van der Waals surface area contributed by atoms with Crippen molar-refractivity contribution >= 4 is 14.4 Å². The Balaban J connectivity index is 2.35. The van der Waals surface area contributed by atoms with Crippen molar-refractivity contribution in [2.75, 3.05) is 32.8 Å². The summed E-state index contributed by atoms with van der Waals surface area (Å²) < 4.78 is 11.8. The number of carbonyl (C=O) groups excluding carboxylic acids is 1. The Morgan fingerprint density at radius 2 is 1.67 bits per heavy atom. The molecule has 0 aliphatic carbocycles. The van der Waals surface area contributed by atoms with Crippen LogP contribution in [0.4, 0.5) is 4.79 Å². The second-order valence-corrected chi connectivity index (χ2v) is 15.3. The van der Waals surface area contributed by atoms with E-state index in [1.165, 1.54) is 38.5 Å². The molecular formula is C24H50N2O3Si. The molecule has 5 nitrogen and oxygen atoms in total. The smallest absolute Gasteiger partial charge is 0.407 e. The van der Waals surface area contributed by atoms with E-state index in [2.05, 4.69) is 51.0 Å². The number of unbranched alkanes of at least 4 members (excludes halogenated alkanes) is 3. The van der Waals surface area contributed by atoms with Gasteiger partial charge >= 0.3 is 6.09 Å². The molecule has 1 fully saturated rings. The first-order chi connectivity index (χ1) is 14.2. The van der Waals surface area contributed by atoms with Crippen LogP contribution in [0.3, 0.4) is 0 Å². The van der Waals surface area contributed by atoms with Crippen molar-refractivity contribution < 1.29 is 14.0 Å². The number of hydrogen-bond donors (Lipinski definition) is 1. The van der Waals surface area contributed by atoms with Gasteiger partial charge in [0.1, 0.15) is 6.61 Å². The molecule has 1 aliphatic rings. The summed E-state index contributed by atoms with van der Waals surface area (Å²) in [6, 6.07) is 0.187. The maximum Gasteiger partial charge on any atom is 0.407 e. The topological polar surface area (TPSA) is 50.8 Å². The molecule has 1 N–H and O–H groups in total. The lowest BCUT2D eigenvalue weighted by Crippen LogP contribution is -2.41. The van der Waals surface area contributed by atoms with Crippen LogP contribution in [0.5, 0.6) is 0 Å². The van der Waals surface area contributed by atoms with Gasteiger partial charge in [0.15, 0.2) is 8.32 Å². The standard InChI is InChI=1S/C24H50N2O3Si/c1-7-8-9-11-15-22(16-14-20-29-30(5,6)24(2,3)4)25-23(27)28-21-19-26-17-12-10-13-18-26/h22H,7-21H2,1-6H3,(H,25,27). The first kappa shape index (κ1) is 27.4. The predicted molar refractivity (Wildman–Crippen MR) is 130 cm³/mol. The Morgan fingerprint density at radius 1 is 1.00 bits per heavy atom. The fourth-order valence-corrected chi connectivity index (χ4v) is 4.73. The van der Waals surface area contributed by atoms with Crippen LogP contribution in [-0.2, 0) is 9.16 Å². The first-order valence-corrected chi connectivity index (χ1v) is 15.4. The maximum atomic E-state index is 12.3. The van der Waals surface area contributed by atoms with E-state index in [-0.39, 0.29) is 17.2 Å². The summed E-state index contributed by atoms with van der Waals surface area (Å²) in [6.45, 7) is 18.1. The number of piperidine rings is 1. The molecule has 30 heavy (non-hydrogen) atoms. The average Bonchev–Trinajstić information content (AvgIpc) is 2.68. The number of likely N-dealkylation sites (tertiary alicyclic amines) is 1. The molecule has 1 atom stereocenters. The number of carbonyl (C=O) groups is 1. The first-order valence-electron chi connectivity index (χ1n) is 12.5. The van der Waals surface area contributed by atoms with Gasteiger partial charge in [0, 0.05) is 19.2 Å². The summed E-state index contributed by atoms with van der Waals surface area (Å²) in [4.78, 5) is 14.7. The lowest BCUT2D eigenvalue weighted by molar-refractivity contribution is 0.116. The molecule has 1 heterocycles. The van der Waals surface area contributed by atoms with Gasteiger partial charge in [-0.25, -0.2) is 4.79 Å². The highest BCUT2D eigenvalue weighted by Crippen LogP contribution is 2.36. The van der Waals surface area contributed by atoms with Crippen molar-refractivity contribution in [1.29, 1.82) is 0 Å². The Hall–Kier alpha value is -0.593. The van der Waals surface area contributed by atoms with Crippen molar-refractivity contribution in [2.45, 2.75) is 116 Å². The molecule has 0 bridgehead atoms. The number of alkyl carbamates (subject to hydrolysis) is 1. The molecule has 0 aromatic heterocycles. The fourth-order valence-electron chi connectivity index (χ4n) is 3.64. The van der Waals surface area contributed by atoms with Crippen molar-refractivity contribution in [3.8, 4) is 0 Å². The minimum Gasteiger partial charge on any atom is -0.448 e. The third-order valence-corrected chi connectivity index (χ3v) is 11.3. The van der Waals surface area contributed by atoms with E-state index in [1.807, 2.05) is 0 Å². The third kappa shape index (κ3) is 11.7. The molecule has 0 radical (unpaired) electrons. The van der Waals surface area contributed by atoms with Crippen molar-refractivity contribution in [3.05, 3.63) is 0 Å². The number of nitrogens with zero attached hydrogens (tertiary/aromatic N) is 1. The minimum absolute atomic E-state index is 0.187. The van der Waals surface area contributed by atoms with Crippen LogP contribution in [-0.4, -0.2) is 58.2 Å². The van der Waals surface area contributed by atoms with Gasteiger partial charge in [0.05, 0.1) is 0 Å². The second-order valence-electron chi connectivity index (χ2n) is 10.5. The van der Waals surface area contributed by atoms with Crippen LogP contribution in [0.2, 0.25) is 18.1 Å². The highest BCUT2D eigenvalue weighted by Gasteiger charge is 2.36. The SMILES string of the molecule is CCCCCCC(CCCO[Si](C)(C)C(C)(C)C)NC(=O)OCCN1CCCCC1. The van der Waals surface area contributed by atoms with E-state index >= 15 is 0 Å². The van der Waals surface area contributed by atoms with E-state index in [4.69, 9.17) is 9.16 Å². The molecule has 1 rings (SSSR count). The Labute approximate surface area is 187 Å². The van der Waals surface area contributed by atoms with Crippen molar-refractivity contribution in [3.63, 3.8) is 0 Å².